The molecule has 0 atom stereocenters. The van der Waals surface area contributed by atoms with E-state index < -0.39 is 0 Å². The topological polar surface area (TPSA) is 20.3 Å². The molecule has 0 N–H and O–H groups in total. The third kappa shape index (κ3) is 3.35. The van der Waals surface area contributed by atoms with E-state index >= 15 is 0 Å². The van der Waals surface area contributed by atoms with Gasteiger partial charge in [0.05, 0.1) is 0 Å². The number of carbonyl (C=O) groups excluding carboxylic acids is 1. The van der Waals surface area contributed by atoms with E-state index in [1.807, 2.05) is 13.0 Å². The molecule has 15 heavy (non-hydrogen) atoms. The van der Waals surface area contributed by atoms with E-state index in [9.17, 15) is 9.18 Å². The Morgan fingerprint density at radius 2 is 2.07 bits per heavy atom. The highest BCUT2D eigenvalue weighted by Crippen LogP contribution is 2.12. The lowest BCUT2D eigenvalue weighted by Crippen LogP contribution is -2.21. The second-order valence-electron chi connectivity index (χ2n) is 3.88. The summed E-state index contributed by atoms with van der Waals surface area (Å²) >= 11 is 0. The summed E-state index contributed by atoms with van der Waals surface area (Å²) < 4.78 is 13.4. The Hall–Kier alpha value is -1.38. The molecular weight excluding hydrogens is 193 g/mol. The molecule has 1 amide bonds. The average Bonchev–Trinajstić information content (AvgIpc) is 2.15. The minimum atomic E-state index is -0.221. The first kappa shape index (κ1) is 11.7. The van der Waals surface area contributed by atoms with Gasteiger partial charge in [0.2, 0.25) is 5.91 Å². The first-order chi connectivity index (χ1) is 7.00. The van der Waals surface area contributed by atoms with Gasteiger partial charge in [0.15, 0.2) is 0 Å². The van der Waals surface area contributed by atoms with E-state index in [4.69, 9.17) is 0 Å². The molecule has 0 saturated carbocycles. The van der Waals surface area contributed by atoms with Crippen LogP contribution >= 0.6 is 0 Å². The summed E-state index contributed by atoms with van der Waals surface area (Å²) in [5, 5.41) is 0. The molecule has 3 heteroatoms. The molecule has 0 aliphatic rings. The average molecular weight is 209 g/mol. The fraction of sp³-hybridized carbons (Fsp3) is 0.417. The molecular formula is C12H16FNO. The lowest BCUT2D eigenvalue weighted by Gasteiger charge is -2.10. The number of amides is 1. The van der Waals surface area contributed by atoms with Crippen LogP contribution in [0.3, 0.4) is 0 Å². The summed E-state index contributed by atoms with van der Waals surface area (Å²) in [4.78, 5) is 12.8. The maximum Gasteiger partial charge on any atom is 0.222 e. The summed E-state index contributed by atoms with van der Waals surface area (Å²) in [5.74, 6) is -0.198. The third-order valence-electron chi connectivity index (χ3n) is 2.32. The van der Waals surface area contributed by atoms with Gasteiger partial charge >= 0.3 is 0 Å². The Morgan fingerprint density at radius 3 is 2.60 bits per heavy atom. The van der Waals surface area contributed by atoms with E-state index in [1.165, 1.54) is 11.0 Å². The number of hydrogen-bond acceptors (Lipinski definition) is 1. The van der Waals surface area contributed by atoms with Crippen molar-refractivity contribution >= 4 is 5.91 Å². The van der Waals surface area contributed by atoms with Crippen molar-refractivity contribution in [3.8, 4) is 0 Å². The zero-order valence-electron chi connectivity index (χ0n) is 9.38. The molecule has 0 aliphatic carbocycles. The van der Waals surface area contributed by atoms with Crippen LogP contribution in [-0.2, 0) is 11.2 Å². The molecule has 0 aromatic heterocycles. The lowest BCUT2D eigenvalue weighted by atomic mass is 10.1. The van der Waals surface area contributed by atoms with Crippen LogP contribution in [0, 0.1) is 12.7 Å². The van der Waals surface area contributed by atoms with Gasteiger partial charge in [0, 0.05) is 20.5 Å². The molecule has 0 fully saturated rings. The standard InChI is InChI=1S/C12H16FNO/c1-9-4-5-10(11(13)8-9)6-7-12(15)14(2)3/h4-5,8H,6-7H2,1-3H3. The molecule has 0 unspecified atom stereocenters. The van der Waals surface area contributed by atoms with Gasteiger partial charge in [-0.2, -0.15) is 0 Å². The summed E-state index contributed by atoms with van der Waals surface area (Å²) in [6, 6.07) is 5.10. The second kappa shape index (κ2) is 4.91. The quantitative estimate of drug-likeness (QED) is 0.747. The highest BCUT2D eigenvalue weighted by molar-refractivity contribution is 5.75. The van der Waals surface area contributed by atoms with E-state index in [2.05, 4.69) is 0 Å². The first-order valence-electron chi connectivity index (χ1n) is 4.96. The summed E-state index contributed by atoms with van der Waals surface area (Å²) in [7, 11) is 3.40. The monoisotopic (exact) mass is 209 g/mol. The molecule has 0 saturated heterocycles. The number of rotatable bonds is 3. The van der Waals surface area contributed by atoms with Crippen LogP contribution in [0.5, 0.6) is 0 Å². The largest absolute Gasteiger partial charge is 0.349 e. The van der Waals surface area contributed by atoms with Crippen molar-refractivity contribution in [3.05, 3.63) is 35.1 Å². The Kier molecular flexibility index (Phi) is 3.83. The van der Waals surface area contributed by atoms with Crippen molar-refractivity contribution in [3.63, 3.8) is 0 Å². The molecule has 1 rings (SSSR count). The predicted molar refractivity (Wildman–Crippen MR) is 58.2 cm³/mol. The number of benzene rings is 1. The lowest BCUT2D eigenvalue weighted by molar-refractivity contribution is -0.128. The SMILES string of the molecule is Cc1ccc(CCC(=O)N(C)C)c(F)c1. The van der Waals surface area contributed by atoms with Gasteiger partial charge < -0.3 is 4.90 Å². The molecule has 1 aromatic carbocycles. The fourth-order valence-corrected chi connectivity index (χ4v) is 1.32. The summed E-state index contributed by atoms with van der Waals surface area (Å²) in [5.41, 5.74) is 1.51. The maximum absolute atomic E-state index is 13.4. The zero-order valence-corrected chi connectivity index (χ0v) is 9.38. The molecule has 0 bridgehead atoms. The Labute approximate surface area is 89.7 Å². The van der Waals surface area contributed by atoms with E-state index in [-0.39, 0.29) is 11.7 Å². The number of aryl methyl sites for hydroxylation is 2. The maximum atomic E-state index is 13.4. The van der Waals surface area contributed by atoms with E-state index in [0.29, 0.717) is 18.4 Å². The predicted octanol–water partition coefficient (Wildman–Crippen LogP) is 2.15. The number of hydrogen-bond donors (Lipinski definition) is 0. The number of carbonyl (C=O) groups is 1. The molecule has 2 nitrogen and oxygen atoms in total. The van der Waals surface area contributed by atoms with Gasteiger partial charge in [-0.25, -0.2) is 4.39 Å². The molecule has 0 spiro atoms. The minimum Gasteiger partial charge on any atom is -0.349 e. The van der Waals surface area contributed by atoms with Crippen molar-refractivity contribution < 1.29 is 9.18 Å². The summed E-state index contributed by atoms with van der Waals surface area (Å²) in [6.45, 7) is 1.85. The second-order valence-corrected chi connectivity index (χ2v) is 3.88. The fourth-order valence-electron chi connectivity index (χ4n) is 1.32. The molecule has 0 heterocycles. The Balaban J connectivity index is 2.62. The van der Waals surface area contributed by atoms with Crippen LogP contribution in [0.4, 0.5) is 4.39 Å². The minimum absolute atomic E-state index is 0.0231. The van der Waals surface area contributed by atoms with Crippen LogP contribution in [-0.4, -0.2) is 24.9 Å². The Bertz CT molecular complexity index is 361. The third-order valence-corrected chi connectivity index (χ3v) is 2.32. The number of halogens is 1. The van der Waals surface area contributed by atoms with Gasteiger partial charge in [0.25, 0.3) is 0 Å². The smallest absolute Gasteiger partial charge is 0.222 e. The van der Waals surface area contributed by atoms with E-state index in [1.54, 1.807) is 20.2 Å². The van der Waals surface area contributed by atoms with Crippen LogP contribution < -0.4 is 0 Å². The van der Waals surface area contributed by atoms with Crippen molar-refractivity contribution in [1.29, 1.82) is 0 Å². The van der Waals surface area contributed by atoms with Crippen molar-refractivity contribution in [2.24, 2.45) is 0 Å². The Morgan fingerprint density at radius 1 is 1.40 bits per heavy atom. The molecule has 82 valence electrons. The van der Waals surface area contributed by atoms with Crippen molar-refractivity contribution in [1.82, 2.24) is 4.90 Å². The van der Waals surface area contributed by atoms with Gasteiger partial charge in [0.1, 0.15) is 5.82 Å². The van der Waals surface area contributed by atoms with Crippen LogP contribution in [0.1, 0.15) is 17.5 Å². The first-order valence-corrected chi connectivity index (χ1v) is 4.96. The molecule has 0 aliphatic heterocycles. The highest BCUT2D eigenvalue weighted by Gasteiger charge is 2.07. The van der Waals surface area contributed by atoms with Gasteiger partial charge in [-0.05, 0) is 30.5 Å². The number of nitrogens with zero attached hydrogens (tertiary/aromatic N) is 1. The molecule has 0 radical (unpaired) electrons. The van der Waals surface area contributed by atoms with Gasteiger partial charge in [-0.1, -0.05) is 12.1 Å². The zero-order chi connectivity index (χ0) is 11.4. The normalized spacial score (nSPS) is 10.1. The van der Waals surface area contributed by atoms with Crippen molar-refractivity contribution in [2.45, 2.75) is 19.8 Å². The van der Waals surface area contributed by atoms with Crippen LogP contribution in [0.15, 0.2) is 18.2 Å². The van der Waals surface area contributed by atoms with Crippen LogP contribution in [0.2, 0.25) is 0 Å². The molecule has 1 aromatic rings. The van der Waals surface area contributed by atoms with Crippen LogP contribution in [0.25, 0.3) is 0 Å². The van der Waals surface area contributed by atoms with E-state index in [0.717, 1.165) is 5.56 Å². The van der Waals surface area contributed by atoms with Crippen molar-refractivity contribution in [2.75, 3.05) is 14.1 Å². The summed E-state index contributed by atoms with van der Waals surface area (Å²) in [6.07, 6.45) is 0.816. The van der Waals surface area contributed by atoms with Gasteiger partial charge in [-0.15, -0.1) is 0 Å². The highest BCUT2D eigenvalue weighted by atomic mass is 19.1. The van der Waals surface area contributed by atoms with Gasteiger partial charge in [-0.3, -0.25) is 4.79 Å².